The van der Waals surface area contributed by atoms with Gasteiger partial charge in [-0.3, -0.25) is 4.79 Å². The molecule has 4 nitrogen and oxygen atoms in total. The first-order valence-corrected chi connectivity index (χ1v) is 6.89. The molecule has 0 saturated carbocycles. The van der Waals surface area contributed by atoms with Crippen molar-refractivity contribution in [1.82, 2.24) is 0 Å². The Morgan fingerprint density at radius 2 is 1.59 bits per heavy atom. The highest BCUT2D eigenvalue weighted by molar-refractivity contribution is 6.03. The summed E-state index contributed by atoms with van der Waals surface area (Å²) in [7, 11) is 0. The average molecular weight is 293 g/mol. The van der Waals surface area contributed by atoms with Crippen LogP contribution in [0.4, 0.5) is 5.69 Å². The van der Waals surface area contributed by atoms with Gasteiger partial charge in [0.1, 0.15) is 17.8 Å². The van der Waals surface area contributed by atoms with Crippen LogP contribution in [0.2, 0.25) is 0 Å². The third-order valence-electron chi connectivity index (χ3n) is 3.15. The largest absolute Gasteiger partial charge is 0.472 e. The molecule has 22 heavy (non-hydrogen) atoms. The maximum Gasteiger partial charge on any atom is 0.258 e. The van der Waals surface area contributed by atoms with Crippen molar-refractivity contribution in [2.45, 2.75) is 6.92 Å². The Morgan fingerprint density at radius 1 is 0.955 bits per heavy atom. The van der Waals surface area contributed by atoms with Crippen molar-refractivity contribution in [2.75, 3.05) is 5.32 Å². The van der Waals surface area contributed by atoms with Gasteiger partial charge in [0.15, 0.2) is 0 Å². The fourth-order valence-corrected chi connectivity index (χ4v) is 1.95. The molecular formula is C18H15NO3. The number of anilines is 1. The van der Waals surface area contributed by atoms with E-state index in [2.05, 4.69) is 5.32 Å². The first-order valence-electron chi connectivity index (χ1n) is 6.89. The molecule has 1 heterocycles. The fraction of sp³-hybridized carbons (Fsp3) is 0.0556. The Morgan fingerprint density at radius 3 is 2.18 bits per heavy atom. The normalized spacial score (nSPS) is 10.2. The van der Waals surface area contributed by atoms with Gasteiger partial charge in [0.05, 0.1) is 11.8 Å². The van der Waals surface area contributed by atoms with E-state index in [9.17, 15) is 4.79 Å². The minimum atomic E-state index is -0.207. The van der Waals surface area contributed by atoms with Gasteiger partial charge >= 0.3 is 0 Å². The predicted octanol–water partition coefficient (Wildman–Crippen LogP) is 4.63. The lowest BCUT2D eigenvalue weighted by Gasteiger charge is -2.08. The summed E-state index contributed by atoms with van der Waals surface area (Å²) in [5.74, 6) is 1.28. The number of benzene rings is 2. The molecule has 0 aliphatic carbocycles. The van der Waals surface area contributed by atoms with Crippen molar-refractivity contribution in [1.29, 1.82) is 0 Å². The summed E-state index contributed by atoms with van der Waals surface area (Å²) in [5.41, 5.74) is 2.37. The number of hydrogen-bond acceptors (Lipinski definition) is 3. The molecule has 3 aromatic rings. The van der Waals surface area contributed by atoms with E-state index in [0.29, 0.717) is 17.0 Å². The van der Waals surface area contributed by atoms with Gasteiger partial charge in [0.25, 0.3) is 5.91 Å². The van der Waals surface area contributed by atoms with Crippen molar-refractivity contribution in [3.05, 3.63) is 78.3 Å². The number of carbonyl (C=O) groups excluding carboxylic acids is 1. The van der Waals surface area contributed by atoms with E-state index in [1.165, 1.54) is 18.1 Å². The van der Waals surface area contributed by atoms with Gasteiger partial charge in [0.2, 0.25) is 0 Å². The standard InChI is InChI=1S/C18H15NO3/c1-13-2-6-16(7-3-13)22-17-8-4-15(5-9-17)19-18(20)14-10-11-21-12-14/h2-12H,1H3,(H,19,20). The molecule has 0 unspecified atom stereocenters. The molecule has 0 fully saturated rings. The monoisotopic (exact) mass is 293 g/mol. The van der Waals surface area contributed by atoms with Crippen LogP contribution in [0.5, 0.6) is 11.5 Å². The second-order valence-electron chi connectivity index (χ2n) is 4.91. The van der Waals surface area contributed by atoms with E-state index in [-0.39, 0.29) is 5.91 Å². The van der Waals surface area contributed by atoms with Crippen molar-refractivity contribution in [2.24, 2.45) is 0 Å². The fourth-order valence-electron chi connectivity index (χ4n) is 1.95. The SMILES string of the molecule is Cc1ccc(Oc2ccc(NC(=O)c3ccoc3)cc2)cc1. The van der Waals surface area contributed by atoms with Crippen LogP contribution in [0, 0.1) is 6.92 Å². The molecule has 1 amide bonds. The molecule has 2 aromatic carbocycles. The number of amides is 1. The molecular weight excluding hydrogens is 278 g/mol. The highest BCUT2D eigenvalue weighted by atomic mass is 16.5. The van der Waals surface area contributed by atoms with Gasteiger partial charge in [0, 0.05) is 5.69 Å². The van der Waals surface area contributed by atoms with E-state index >= 15 is 0 Å². The Bertz CT molecular complexity index is 744. The second kappa shape index (κ2) is 6.18. The topological polar surface area (TPSA) is 51.5 Å². The Balaban J connectivity index is 1.65. The molecule has 0 atom stereocenters. The van der Waals surface area contributed by atoms with Crippen molar-refractivity contribution in [3.63, 3.8) is 0 Å². The van der Waals surface area contributed by atoms with Crippen LogP contribution in [0.3, 0.4) is 0 Å². The number of carbonyl (C=O) groups is 1. The zero-order chi connectivity index (χ0) is 15.4. The number of furan rings is 1. The molecule has 0 saturated heterocycles. The van der Waals surface area contributed by atoms with Gasteiger partial charge < -0.3 is 14.5 Å². The highest BCUT2D eigenvalue weighted by Crippen LogP contribution is 2.23. The Hall–Kier alpha value is -3.01. The molecule has 110 valence electrons. The van der Waals surface area contributed by atoms with E-state index in [1.807, 2.05) is 43.3 Å². The van der Waals surface area contributed by atoms with Crippen molar-refractivity contribution < 1.29 is 13.9 Å². The zero-order valence-corrected chi connectivity index (χ0v) is 12.1. The third kappa shape index (κ3) is 3.35. The number of hydrogen-bond donors (Lipinski definition) is 1. The van der Waals surface area contributed by atoms with Crippen LogP contribution in [-0.2, 0) is 0 Å². The van der Waals surface area contributed by atoms with Gasteiger partial charge in [-0.15, -0.1) is 0 Å². The molecule has 1 aromatic heterocycles. The summed E-state index contributed by atoms with van der Waals surface area (Å²) in [6.07, 6.45) is 2.87. The van der Waals surface area contributed by atoms with E-state index in [4.69, 9.17) is 9.15 Å². The minimum absolute atomic E-state index is 0.207. The maximum atomic E-state index is 11.9. The lowest BCUT2D eigenvalue weighted by atomic mass is 10.2. The molecule has 1 N–H and O–H groups in total. The van der Waals surface area contributed by atoms with Gasteiger partial charge in [-0.05, 0) is 49.4 Å². The van der Waals surface area contributed by atoms with Crippen LogP contribution in [0.25, 0.3) is 0 Å². The summed E-state index contributed by atoms with van der Waals surface area (Å²) in [4.78, 5) is 11.9. The lowest BCUT2D eigenvalue weighted by Crippen LogP contribution is -2.10. The third-order valence-corrected chi connectivity index (χ3v) is 3.15. The quantitative estimate of drug-likeness (QED) is 0.762. The van der Waals surface area contributed by atoms with Gasteiger partial charge in [-0.25, -0.2) is 0 Å². The van der Waals surface area contributed by atoms with Crippen LogP contribution in [0.1, 0.15) is 15.9 Å². The Kier molecular flexibility index (Phi) is 3.92. The van der Waals surface area contributed by atoms with E-state index in [0.717, 1.165) is 5.75 Å². The van der Waals surface area contributed by atoms with Crippen LogP contribution in [-0.4, -0.2) is 5.91 Å². The molecule has 4 heteroatoms. The van der Waals surface area contributed by atoms with E-state index < -0.39 is 0 Å². The van der Waals surface area contributed by atoms with Gasteiger partial charge in [-0.2, -0.15) is 0 Å². The first-order chi connectivity index (χ1) is 10.7. The number of rotatable bonds is 4. The van der Waals surface area contributed by atoms with Crippen LogP contribution >= 0.6 is 0 Å². The summed E-state index contributed by atoms with van der Waals surface area (Å²) in [6.45, 7) is 2.03. The summed E-state index contributed by atoms with van der Waals surface area (Å²) in [6, 6.07) is 16.7. The molecule has 0 aliphatic rings. The highest BCUT2D eigenvalue weighted by Gasteiger charge is 2.07. The number of nitrogens with one attached hydrogen (secondary N) is 1. The lowest BCUT2D eigenvalue weighted by molar-refractivity contribution is 0.102. The van der Waals surface area contributed by atoms with Crippen molar-refractivity contribution >= 4 is 11.6 Å². The van der Waals surface area contributed by atoms with Gasteiger partial charge in [-0.1, -0.05) is 17.7 Å². The number of ether oxygens (including phenoxy) is 1. The molecule has 3 rings (SSSR count). The summed E-state index contributed by atoms with van der Waals surface area (Å²) >= 11 is 0. The van der Waals surface area contributed by atoms with Crippen LogP contribution in [0.15, 0.2) is 71.5 Å². The Labute approximate surface area is 128 Å². The molecule has 0 spiro atoms. The summed E-state index contributed by atoms with van der Waals surface area (Å²) in [5, 5.41) is 2.79. The maximum absolute atomic E-state index is 11.9. The van der Waals surface area contributed by atoms with Crippen molar-refractivity contribution in [3.8, 4) is 11.5 Å². The van der Waals surface area contributed by atoms with E-state index in [1.54, 1.807) is 18.2 Å². The zero-order valence-electron chi connectivity index (χ0n) is 12.1. The molecule has 0 radical (unpaired) electrons. The summed E-state index contributed by atoms with van der Waals surface area (Å²) < 4.78 is 10.6. The molecule has 0 bridgehead atoms. The predicted molar refractivity (Wildman–Crippen MR) is 84.4 cm³/mol. The second-order valence-corrected chi connectivity index (χ2v) is 4.91. The minimum Gasteiger partial charge on any atom is -0.472 e. The molecule has 0 aliphatic heterocycles. The average Bonchev–Trinajstić information content (AvgIpc) is 3.06. The smallest absolute Gasteiger partial charge is 0.258 e. The van der Waals surface area contributed by atoms with Crippen LogP contribution < -0.4 is 10.1 Å². The first kappa shape index (κ1) is 13.9. The number of aryl methyl sites for hydroxylation is 1.